The van der Waals surface area contributed by atoms with Crippen LogP contribution in [0.4, 0.5) is 0 Å². The third-order valence-corrected chi connectivity index (χ3v) is 4.52. The van der Waals surface area contributed by atoms with Gasteiger partial charge < -0.3 is 5.11 Å². The van der Waals surface area contributed by atoms with Gasteiger partial charge in [-0.1, -0.05) is 18.2 Å². The smallest absolute Gasteiger partial charge is 0.141 e. The molecule has 0 radical (unpaired) electrons. The molecule has 0 spiro atoms. The molecule has 1 aromatic heterocycles. The minimum atomic E-state index is 0.239. The van der Waals surface area contributed by atoms with E-state index >= 15 is 0 Å². The maximum Gasteiger partial charge on any atom is 0.141 e. The Morgan fingerprint density at radius 1 is 1.14 bits per heavy atom. The first-order chi connectivity index (χ1) is 10.1. The van der Waals surface area contributed by atoms with Crippen molar-refractivity contribution in [2.45, 2.75) is 37.8 Å². The summed E-state index contributed by atoms with van der Waals surface area (Å²) in [5.74, 6) is 0.716. The maximum atomic E-state index is 11.0. The topological polar surface area (TPSA) is 53.4 Å². The Morgan fingerprint density at radius 2 is 1.81 bits per heavy atom. The molecule has 2 atom stereocenters. The predicted octanol–water partition coefficient (Wildman–Crippen LogP) is 2.75. The Bertz CT molecular complexity index is 635. The molecule has 1 aromatic carbocycles. The quantitative estimate of drug-likeness (QED) is 0.808. The zero-order valence-electron chi connectivity index (χ0n) is 12.2. The van der Waals surface area contributed by atoms with Gasteiger partial charge in [0.15, 0.2) is 0 Å². The van der Waals surface area contributed by atoms with Gasteiger partial charge in [-0.15, -0.1) is 0 Å². The summed E-state index contributed by atoms with van der Waals surface area (Å²) in [5.41, 5.74) is 0.662. The van der Waals surface area contributed by atoms with Crippen molar-refractivity contribution in [3.05, 3.63) is 36.5 Å². The van der Waals surface area contributed by atoms with E-state index in [-0.39, 0.29) is 5.75 Å². The van der Waals surface area contributed by atoms with Gasteiger partial charge in [-0.3, -0.25) is 14.7 Å². The van der Waals surface area contributed by atoms with E-state index < -0.39 is 0 Å². The van der Waals surface area contributed by atoms with Crippen LogP contribution in [0.25, 0.3) is 10.9 Å². The number of piperidine rings is 1. The second kappa shape index (κ2) is 5.82. The summed E-state index contributed by atoms with van der Waals surface area (Å²) < 4.78 is 0. The van der Waals surface area contributed by atoms with Crippen LogP contribution in [0.3, 0.4) is 0 Å². The average Bonchev–Trinajstić information content (AvgIpc) is 2.71. The largest absolute Gasteiger partial charge is 0.506 e. The molecule has 3 heterocycles. The number of rotatable bonds is 0. The zero-order valence-corrected chi connectivity index (χ0v) is 12.2. The number of aromatic nitrogens is 1. The third kappa shape index (κ3) is 2.90. The molecule has 21 heavy (non-hydrogen) atoms. The lowest BCUT2D eigenvalue weighted by molar-refractivity contribution is -0.123. The Labute approximate surface area is 124 Å². The number of phenolic OH excluding ortho intramolecular Hbond substituents is 1. The van der Waals surface area contributed by atoms with Crippen molar-refractivity contribution >= 4 is 16.7 Å². The zero-order chi connectivity index (χ0) is 14.8. The summed E-state index contributed by atoms with van der Waals surface area (Å²) in [5, 5.41) is 10.3. The number of ketones is 1. The molecule has 2 bridgehead atoms. The Hall–Kier alpha value is -1.94. The van der Waals surface area contributed by atoms with Gasteiger partial charge in [-0.05, 0) is 32.0 Å². The van der Waals surface area contributed by atoms with Crippen LogP contribution in [0, 0.1) is 0 Å². The number of Topliss-reactive ketones (excluding diaryl/α,β-unsaturated/α-hetero) is 1. The number of carbonyl (C=O) groups excluding carboxylic acids is 1. The molecule has 1 N–H and O–H groups in total. The van der Waals surface area contributed by atoms with Crippen molar-refractivity contribution in [1.29, 1.82) is 0 Å². The van der Waals surface area contributed by atoms with Crippen LogP contribution in [-0.4, -0.2) is 39.9 Å². The van der Waals surface area contributed by atoms with Crippen LogP contribution >= 0.6 is 0 Å². The summed E-state index contributed by atoms with van der Waals surface area (Å²) in [6.45, 7) is 0. The van der Waals surface area contributed by atoms with Crippen molar-refractivity contribution < 1.29 is 9.90 Å². The van der Waals surface area contributed by atoms with Crippen LogP contribution in [0.1, 0.15) is 25.7 Å². The van der Waals surface area contributed by atoms with Gasteiger partial charge in [-0.2, -0.15) is 0 Å². The van der Waals surface area contributed by atoms with Crippen LogP contribution in [0.2, 0.25) is 0 Å². The number of aromatic hydroxyl groups is 1. The Kier molecular flexibility index (Phi) is 3.88. The average molecular weight is 284 g/mol. The molecular formula is C17H20N2O2. The molecule has 2 aliphatic heterocycles. The van der Waals surface area contributed by atoms with Gasteiger partial charge in [0.25, 0.3) is 0 Å². The maximum absolute atomic E-state index is 11.0. The number of hydrogen-bond acceptors (Lipinski definition) is 4. The summed E-state index contributed by atoms with van der Waals surface area (Å²) >= 11 is 0. The minimum Gasteiger partial charge on any atom is -0.506 e. The van der Waals surface area contributed by atoms with Crippen LogP contribution in [0.15, 0.2) is 36.5 Å². The first kappa shape index (κ1) is 14.0. The molecule has 0 aliphatic carbocycles. The van der Waals surface area contributed by atoms with E-state index in [9.17, 15) is 9.90 Å². The normalized spacial score (nSPS) is 24.7. The third-order valence-electron chi connectivity index (χ3n) is 4.52. The molecule has 4 rings (SSSR count). The van der Waals surface area contributed by atoms with E-state index in [1.165, 1.54) is 12.8 Å². The summed E-state index contributed by atoms with van der Waals surface area (Å²) in [7, 11) is 2.15. The van der Waals surface area contributed by atoms with Gasteiger partial charge >= 0.3 is 0 Å². The second-order valence-electron chi connectivity index (χ2n) is 5.85. The lowest BCUT2D eigenvalue weighted by Crippen LogP contribution is -2.39. The fourth-order valence-corrected chi connectivity index (χ4v) is 3.28. The molecule has 2 fully saturated rings. The van der Waals surface area contributed by atoms with E-state index in [1.807, 2.05) is 18.2 Å². The summed E-state index contributed by atoms with van der Waals surface area (Å²) in [6.07, 6.45) is 5.78. The number of pyridine rings is 1. The first-order valence-electron chi connectivity index (χ1n) is 7.41. The van der Waals surface area contributed by atoms with Crippen molar-refractivity contribution in [1.82, 2.24) is 9.88 Å². The van der Waals surface area contributed by atoms with Gasteiger partial charge in [0.1, 0.15) is 17.0 Å². The fraction of sp³-hybridized carbons (Fsp3) is 0.412. The number of benzene rings is 1. The number of carbonyl (C=O) groups is 1. The molecule has 0 unspecified atom stereocenters. The highest BCUT2D eigenvalue weighted by Crippen LogP contribution is 2.31. The van der Waals surface area contributed by atoms with Crippen LogP contribution in [-0.2, 0) is 4.79 Å². The highest BCUT2D eigenvalue weighted by atomic mass is 16.3. The molecule has 110 valence electrons. The molecule has 2 aromatic rings. The Morgan fingerprint density at radius 3 is 2.48 bits per heavy atom. The molecule has 4 nitrogen and oxygen atoms in total. The first-order valence-corrected chi connectivity index (χ1v) is 7.41. The van der Waals surface area contributed by atoms with E-state index in [0.29, 0.717) is 23.4 Å². The number of phenols is 1. The monoisotopic (exact) mass is 284 g/mol. The number of para-hydroxylation sites is 1. The number of hydrogen-bond donors (Lipinski definition) is 1. The summed E-state index contributed by atoms with van der Waals surface area (Å²) in [6, 6.07) is 10.3. The van der Waals surface area contributed by atoms with Crippen LogP contribution < -0.4 is 0 Å². The van der Waals surface area contributed by atoms with E-state index in [2.05, 4.69) is 16.9 Å². The van der Waals surface area contributed by atoms with Crippen molar-refractivity contribution in [2.75, 3.05) is 7.05 Å². The fourth-order valence-electron chi connectivity index (χ4n) is 3.28. The molecule has 4 heteroatoms. The Balaban J connectivity index is 0.000000126. The van der Waals surface area contributed by atoms with E-state index in [4.69, 9.17) is 0 Å². The van der Waals surface area contributed by atoms with E-state index in [0.717, 1.165) is 18.2 Å². The molecule has 2 saturated heterocycles. The standard InChI is InChI=1S/C9H7NO.C8H13NO/c11-8-5-1-3-7-4-2-6-10-9(7)8;1-9-6-2-3-7(9)5-8(10)4-6/h1-6,11H;6-7H,2-5H2,1H3/t;6-,7+. The second-order valence-corrected chi connectivity index (χ2v) is 5.85. The van der Waals surface area contributed by atoms with Gasteiger partial charge in [0, 0.05) is 36.5 Å². The highest BCUT2D eigenvalue weighted by molar-refractivity contribution is 5.83. The highest BCUT2D eigenvalue weighted by Gasteiger charge is 2.37. The van der Waals surface area contributed by atoms with Gasteiger partial charge in [-0.25, -0.2) is 0 Å². The molecular weight excluding hydrogens is 264 g/mol. The van der Waals surface area contributed by atoms with Crippen molar-refractivity contribution in [2.24, 2.45) is 0 Å². The van der Waals surface area contributed by atoms with Gasteiger partial charge in [0.05, 0.1) is 0 Å². The SMILES string of the molecule is CN1[C@@H]2CC[C@H]1CC(=O)C2.Oc1cccc2cccnc12. The minimum absolute atomic E-state index is 0.239. The predicted molar refractivity (Wildman–Crippen MR) is 82.2 cm³/mol. The van der Waals surface area contributed by atoms with Crippen molar-refractivity contribution in [3.63, 3.8) is 0 Å². The van der Waals surface area contributed by atoms with Crippen molar-refractivity contribution in [3.8, 4) is 5.75 Å². The molecule has 0 amide bonds. The lowest BCUT2D eigenvalue weighted by atomic mass is 10.0. The van der Waals surface area contributed by atoms with Gasteiger partial charge in [0.2, 0.25) is 0 Å². The molecule has 2 aliphatic rings. The summed E-state index contributed by atoms with van der Waals surface area (Å²) in [4.78, 5) is 17.4. The lowest BCUT2D eigenvalue weighted by Gasteiger charge is -2.29. The number of nitrogens with zero attached hydrogens (tertiary/aromatic N) is 2. The molecule has 0 saturated carbocycles. The van der Waals surface area contributed by atoms with Crippen LogP contribution in [0.5, 0.6) is 5.75 Å². The number of fused-ring (bicyclic) bond motifs is 3. The van der Waals surface area contributed by atoms with E-state index in [1.54, 1.807) is 18.3 Å².